The number of aromatic nitrogens is 4. The second-order valence-corrected chi connectivity index (χ2v) is 12.1. The second-order valence-electron chi connectivity index (χ2n) is 8.49. The van der Waals surface area contributed by atoms with Crippen LogP contribution in [0, 0.1) is 6.92 Å². The summed E-state index contributed by atoms with van der Waals surface area (Å²) in [5, 5.41) is 12.7. The first-order valence-electron chi connectivity index (χ1n) is 11.4. The highest BCUT2D eigenvalue weighted by Gasteiger charge is 2.51. The molecule has 0 fully saturated rings. The van der Waals surface area contributed by atoms with Crippen LogP contribution in [0.15, 0.2) is 91.1 Å². The Labute approximate surface area is 194 Å². The van der Waals surface area contributed by atoms with Crippen molar-refractivity contribution in [3.05, 3.63) is 102 Å². The fourth-order valence-corrected chi connectivity index (χ4v) is 10.1. The Hall–Kier alpha value is -3.83. The van der Waals surface area contributed by atoms with Gasteiger partial charge in [-0.05, 0) is 64.7 Å². The van der Waals surface area contributed by atoms with E-state index in [4.69, 9.17) is 9.97 Å². The van der Waals surface area contributed by atoms with Crippen LogP contribution in [0.3, 0.4) is 0 Å². The van der Waals surface area contributed by atoms with E-state index in [1.807, 2.05) is 12.3 Å². The first-order valence-corrected chi connectivity index (χ1v) is 13.4. The van der Waals surface area contributed by atoms with Crippen molar-refractivity contribution in [3.63, 3.8) is 0 Å². The Bertz CT molecular complexity index is 1430. The Morgan fingerprint density at radius 2 is 1.42 bits per heavy atom. The van der Waals surface area contributed by atoms with Gasteiger partial charge in [-0.2, -0.15) is 5.10 Å². The molecule has 0 aliphatic carbocycles. The Kier molecular flexibility index (Phi) is 4.59. The number of nitrogens with zero attached hydrogens (tertiary/aromatic N) is 3. The Morgan fingerprint density at radius 1 is 0.758 bits per heavy atom. The smallest absolute Gasteiger partial charge is 0.224 e. The van der Waals surface area contributed by atoms with Crippen molar-refractivity contribution in [2.24, 2.45) is 0 Å². The molecule has 0 unspecified atom stereocenters. The van der Waals surface area contributed by atoms with Gasteiger partial charge in [-0.25, -0.2) is 0 Å². The number of aromatic amines is 1. The number of benzene rings is 2. The molecule has 33 heavy (non-hydrogen) atoms. The normalized spacial score (nSPS) is 13.5. The molecule has 4 nitrogen and oxygen atoms in total. The van der Waals surface area contributed by atoms with Gasteiger partial charge in [0.1, 0.15) is 5.69 Å². The van der Waals surface area contributed by atoms with Crippen molar-refractivity contribution in [1.29, 1.82) is 0 Å². The van der Waals surface area contributed by atoms with Crippen LogP contribution in [0.25, 0.3) is 22.5 Å². The van der Waals surface area contributed by atoms with E-state index < -0.39 is 8.07 Å². The molecule has 0 amide bonds. The van der Waals surface area contributed by atoms with E-state index in [-0.39, 0.29) is 0 Å². The lowest BCUT2D eigenvalue weighted by Crippen LogP contribution is -2.74. The molecule has 0 spiro atoms. The maximum atomic E-state index is 5.32. The van der Waals surface area contributed by atoms with Crippen LogP contribution < -0.4 is 21.0 Å². The Morgan fingerprint density at radius 3 is 2.06 bits per heavy atom. The van der Waals surface area contributed by atoms with E-state index in [9.17, 15) is 0 Å². The van der Waals surface area contributed by atoms with Crippen LogP contribution in [0.5, 0.6) is 0 Å². The van der Waals surface area contributed by atoms with E-state index in [0.717, 1.165) is 34.1 Å². The number of fused-ring (bicyclic) bond motifs is 3. The largest absolute Gasteiger partial charge is 0.282 e. The predicted octanol–water partition coefficient (Wildman–Crippen LogP) is 3.10. The van der Waals surface area contributed by atoms with Gasteiger partial charge in [0.25, 0.3) is 0 Å². The standard InChI is InChI=1S/C28H24N4Si/c1-3-22-19(2)28(32-31-22)23-13-10-17-27(30-23)33(26-16-8-9-18-29-26)24-14-6-4-11-20(24)21-12-5-7-15-25(21)33/h4-18H,3H2,1-2H3,(H,31,32). The summed E-state index contributed by atoms with van der Waals surface area (Å²) in [6.45, 7) is 4.27. The highest BCUT2D eigenvalue weighted by molar-refractivity contribution is 7.21. The van der Waals surface area contributed by atoms with E-state index in [1.54, 1.807) is 0 Å². The minimum Gasteiger partial charge on any atom is -0.282 e. The van der Waals surface area contributed by atoms with Crippen molar-refractivity contribution in [3.8, 4) is 22.5 Å². The van der Waals surface area contributed by atoms with Gasteiger partial charge in [-0.15, -0.1) is 0 Å². The molecule has 3 aromatic heterocycles. The van der Waals surface area contributed by atoms with Crippen LogP contribution in [0.1, 0.15) is 18.2 Å². The zero-order chi connectivity index (χ0) is 22.4. The number of hydrogen-bond donors (Lipinski definition) is 1. The maximum Gasteiger partial charge on any atom is 0.224 e. The molecule has 4 heterocycles. The number of nitrogens with one attached hydrogen (secondary N) is 1. The summed E-state index contributed by atoms with van der Waals surface area (Å²) in [4.78, 5) is 10.3. The quantitative estimate of drug-likeness (QED) is 0.425. The summed E-state index contributed by atoms with van der Waals surface area (Å²) in [5.41, 5.74) is 6.75. The number of H-pyrrole nitrogens is 1. The number of pyridine rings is 2. The molecule has 2 aromatic carbocycles. The molecule has 1 aliphatic rings. The molecule has 0 atom stereocenters. The summed E-state index contributed by atoms with van der Waals surface area (Å²) < 4.78 is 0. The van der Waals surface area contributed by atoms with E-state index >= 15 is 0 Å². The highest BCUT2D eigenvalue weighted by Crippen LogP contribution is 2.28. The van der Waals surface area contributed by atoms with E-state index in [0.29, 0.717) is 0 Å². The first-order chi connectivity index (χ1) is 16.2. The molecular formula is C28H24N4Si. The fourth-order valence-electron chi connectivity index (χ4n) is 5.31. The number of rotatable bonds is 4. The van der Waals surface area contributed by atoms with Gasteiger partial charge >= 0.3 is 0 Å². The molecule has 0 saturated carbocycles. The Balaban J connectivity index is 1.69. The van der Waals surface area contributed by atoms with E-state index in [1.165, 1.54) is 27.1 Å². The maximum absolute atomic E-state index is 5.32. The van der Waals surface area contributed by atoms with Crippen LogP contribution in [0.4, 0.5) is 0 Å². The monoisotopic (exact) mass is 444 g/mol. The summed E-state index contributed by atoms with van der Waals surface area (Å²) >= 11 is 0. The van der Waals surface area contributed by atoms with Crippen molar-refractivity contribution in [2.45, 2.75) is 20.3 Å². The minimum absolute atomic E-state index is 0.908. The van der Waals surface area contributed by atoms with Gasteiger partial charge in [0.05, 0.1) is 5.69 Å². The second kappa shape index (κ2) is 7.64. The molecule has 160 valence electrons. The van der Waals surface area contributed by atoms with Gasteiger partial charge < -0.3 is 0 Å². The average molecular weight is 445 g/mol. The third-order valence-electron chi connectivity index (χ3n) is 6.84. The molecule has 1 N–H and O–H groups in total. The van der Waals surface area contributed by atoms with E-state index in [2.05, 4.69) is 103 Å². The fraction of sp³-hybridized carbons (Fsp3) is 0.107. The third-order valence-corrected chi connectivity index (χ3v) is 11.4. The van der Waals surface area contributed by atoms with Crippen LogP contribution in [-0.4, -0.2) is 28.2 Å². The molecule has 0 radical (unpaired) electrons. The molecule has 6 rings (SSSR count). The van der Waals surface area contributed by atoms with Crippen molar-refractivity contribution in [1.82, 2.24) is 20.2 Å². The zero-order valence-corrected chi connectivity index (χ0v) is 19.7. The molecule has 0 saturated heterocycles. The molecule has 5 aromatic rings. The summed E-state index contributed by atoms with van der Waals surface area (Å²) in [5.74, 6) is 0. The number of hydrogen-bond acceptors (Lipinski definition) is 3. The third kappa shape index (κ3) is 2.79. The molecular weight excluding hydrogens is 420 g/mol. The van der Waals surface area contributed by atoms with Crippen LogP contribution in [0.2, 0.25) is 0 Å². The molecule has 1 aliphatic heterocycles. The van der Waals surface area contributed by atoms with Gasteiger partial charge in [-0.1, -0.05) is 67.6 Å². The lowest BCUT2D eigenvalue weighted by atomic mass is 10.1. The van der Waals surface area contributed by atoms with Gasteiger partial charge in [-0.3, -0.25) is 15.1 Å². The topological polar surface area (TPSA) is 54.5 Å². The lowest BCUT2D eigenvalue weighted by Gasteiger charge is -2.29. The van der Waals surface area contributed by atoms with Crippen LogP contribution >= 0.6 is 0 Å². The molecule has 5 heteroatoms. The summed E-state index contributed by atoms with van der Waals surface area (Å²) in [6, 6.07) is 30.2. The zero-order valence-electron chi connectivity index (χ0n) is 18.7. The summed E-state index contributed by atoms with van der Waals surface area (Å²) in [7, 11) is -2.67. The van der Waals surface area contributed by atoms with Crippen molar-refractivity contribution < 1.29 is 0 Å². The van der Waals surface area contributed by atoms with Gasteiger partial charge in [0.15, 0.2) is 0 Å². The molecule has 0 bridgehead atoms. The van der Waals surface area contributed by atoms with Gasteiger partial charge in [0.2, 0.25) is 8.07 Å². The summed E-state index contributed by atoms with van der Waals surface area (Å²) in [6.07, 6.45) is 2.83. The highest BCUT2D eigenvalue weighted by atomic mass is 28.3. The average Bonchev–Trinajstić information content (AvgIpc) is 3.40. The van der Waals surface area contributed by atoms with Crippen molar-refractivity contribution >= 4 is 29.1 Å². The lowest BCUT2D eigenvalue weighted by molar-refractivity contribution is 0.969. The van der Waals surface area contributed by atoms with Crippen molar-refractivity contribution in [2.75, 3.05) is 0 Å². The van der Waals surface area contributed by atoms with Gasteiger partial charge in [0, 0.05) is 22.5 Å². The predicted molar refractivity (Wildman–Crippen MR) is 136 cm³/mol. The van der Waals surface area contributed by atoms with Crippen LogP contribution in [-0.2, 0) is 6.42 Å². The first kappa shape index (κ1) is 19.8. The number of aryl methyl sites for hydroxylation is 1. The SMILES string of the molecule is CCc1[nH]nc(-c2cccc([Si]3(c4ccccn4)c4ccccc4-c4ccccc43)n2)c1C. The minimum atomic E-state index is -2.67.